The first-order valence-corrected chi connectivity index (χ1v) is 9.14. The van der Waals surface area contributed by atoms with Crippen molar-refractivity contribution in [3.05, 3.63) is 30.0 Å². The molecule has 0 N–H and O–H groups in total. The van der Waals surface area contributed by atoms with E-state index in [9.17, 15) is 4.79 Å². The first-order valence-electron chi connectivity index (χ1n) is 9.14. The number of rotatable bonds is 9. The van der Waals surface area contributed by atoms with Crippen LogP contribution in [-0.4, -0.2) is 61.1 Å². The number of fused-ring (bicyclic) bond motifs is 1. The van der Waals surface area contributed by atoms with E-state index in [2.05, 4.69) is 29.6 Å². The maximum absolute atomic E-state index is 13.1. The zero-order valence-corrected chi connectivity index (χ0v) is 16.2. The fraction of sp³-hybridized carbons (Fsp3) is 0.550. The highest BCUT2D eigenvalue weighted by atomic mass is 16.5. The molecule has 5 nitrogen and oxygen atoms in total. The maximum atomic E-state index is 13.1. The van der Waals surface area contributed by atoms with Crippen LogP contribution in [0.25, 0.3) is 10.9 Å². The van der Waals surface area contributed by atoms with Gasteiger partial charge in [-0.2, -0.15) is 0 Å². The number of hydrogen-bond donors (Lipinski definition) is 0. The molecule has 0 aliphatic heterocycles. The molecule has 25 heavy (non-hydrogen) atoms. The van der Waals surface area contributed by atoms with Gasteiger partial charge in [-0.15, -0.1) is 0 Å². The van der Waals surface area contributed by atoms with Gasteiger partial charge in [0.2, 0.25) is 0 Å². The molecule has 1 aromatic carbocycles. The van der Waals surface area contributed by atoms with Crippen molar-refractivity contribution in [3.8, 4) is 5.75 Å². The smallest absolute Gasteiger partial charge is 0.274 e. The Hall–Kier alpha value is -2.01. The van der Waals surface area contributed by atoms with Gasteiger partial charge in [-0.25, -0.2) is 0 Å². The third-order valence-electron chi connectivity index (χ3n) is 4.62. The topological polar surface area (TPSA) is 37.7 Å². The summed E-state index contributed by atoms with van der Waals surface area (Å²) in [4.78, 5) is 17.2. The molecule has 0 radical (unpaired) electrons. The lowest BCUT2D eigenvalue weighted by Crippen LogP contribution is -2.32. The molecule has 2 aromatic rings. The van der Waals surface area contributed by atoms with E-state index in [4.69, 9.17) is 4.74 Å². The lowest BCUT2D eigenvalue weighted by atomic mass is 10.2. The van der Waals surface area contributed by atoms with E-state index in [0.29, 0.717) is 24.5 Å². The minimum Gasteiger partial charge on any atom is -0.494 e. The molecule has 138 valence electrons. The zero-order chi connectivity index (χ0) is 18.4. The van der Waals surface area contributed by atoms with Crippen LogP contribution >= 0.6 is 0 Å². The van der Waals surface area contributed by atoms with Gasteiger partial charge in [0.05, 0.1) is 12.6 Å². The highest BCUT2D eigenvalue weighted by molar-refractivity contribution is 6.04. The third-order valence-corrected chi connectivity index (χ3v) is 4.62. The van der Waals surface area contributed by atoms with E-state index in [-0.39, 0.29) is 5.91 Å². The van der Waals surface area contributed by atoms with Crippen LogP contribution in [0.3, 0.4) is 0 Å². The Balaban J connectivity index is 2.45. The van der Waals surface area contributed by atoms with Gasteiger partial charge in [-0.05, 0) is 59.5 Å². The van der Waals surface area contributed by atoms with Gasteiger partial charge >= 0.3 is 0 Å². The van der Waals surface area contributed by atoms with Gasteiger partial charge in [0, 0.05) is 25.0 Å². The van der Waals surface area contributed by atoms with Crippen molar-refractivity contribution in [1.29, 1.82) is 0 Å². The highest BCUT2D eigenvalue weighted by Gasteiger charge is 2.26. The molecule has 0 aliphatic rings. The van der Waals surface area contributed by atoms with E-state index in [1.165, 1.54) is 0 Å². The Morgan fingerprint density at radius 1 is 1.12 bits per heavy atom. The number of amides is 1. The predicted molar refractivity (Wildman–Crippen MR) is 104 cm³/mol. The van der Waals surface area contributed by atoms with Crippen LogP contribution in [0.5, 0.6) is 5.75 Å². The van der Waals surface area contributed by atoms with Crippen LogP contribution < -0.4 is 4.74 Å². The molecule has 0 spiro atoms. The quantitative estimate of drug-likeness (QED) is 0.653. The number of methoxy groups -OCH3 is 1. The fourth-order valence-electron chi connectivity index (χ4n) is 3.28. The Morgan fingerprint density at radius 3 is 2.40 bits per heavy atom. The van der Waals surface area contributed by atoms with Gasteiger partial charge in [0.25, 0.3) is 5.91 Å². The molecule has 0 saturated heterocycles. The molecule has 2 rings (SSSR count). The summed E-state index contributed by atoms with van der Waals surface area (Å²) in [5, 5.41) is 1.01. The number of carbonyl (C=O) groups excluding carboxylic acids is 1. The number of para-hydroxylation sites is 1. The van der Waals surface area contributed by atoms with Crippen LogP contribution in [0.1, 0.15) is 37.2 Å². The van der Waals surface area contributed by atoms with Crippen LogP contribution in [0.2, 0.25) is 0 Å². The van der Waals surface area contributed by atoms with E-state index in [1.807, 2.05) is 36.9 Å². The zero-order valence-electron chi connectivity index (χ0n) is 16.2. The number of nitrogens with zero attached hydrogens (tertiary/aromatic N) is 3. The Labute approximate surface area is 151 Å². The standard InChI is InChI=1S/C20H31N3O2/c1-6-22(7-2)20(24)18-19(25-5)16-12-8-9-13-17(16)23(18)15-11-10-14-21(3)4/h8-9,12-13H,6-7,10-11,14-15H2,1-5H3. The van der Waals surface area contributed by atoms with Crippen molar-refractivity contribution < 1.29 is 9.53 Å². The van der Waals surface area contributed by atoms with E-state index in [0.717, 1.165) is 36.8 Å². The summed E-state index contributed by atoms with van der Waals surface area (Å²) in [7, 11) is 5.82. The second-order valence-electron chi connectivity index (χ2n) is 6.54. The van der Waals surface area contributed by atoms with Crippen LogP contribution in [0, 0.1) is 0 Å². The summed E-state index contributed by atoms with van der Waals surface area (Å²) in [6, 6.07) is 8.11. The molecular weight excluding hydrogens is 314 g/mol. The number of ether oxygens (including phenoxy) is 1. The number of aryl methyl sites for hydroxylation is 1. The molecule has 0 saturated carbocycles. The normalized spacial score (nSPS) is 11.3. The minimum absolute atomic E-state index is 0.0469. The molecule has 0 aliphatic carbocycles. The third kappa shape index (κ3) is 4.15. The van der Waals surface area contributed by atoms with Gasteiger partial charge in [-0.1, -0.05) is 12.1 Å². The van der Waals surface area contributed by atoms with Gasteiger partial charge in [0.15, 0.2) is 11.4 Å². The van der Waals surface area contributed by atoms with Gasteiger partial charge < -0.3 is 19.1 Å². The predicted octanol–water partition coefficient (Wildman–Crippen LogP) is 3.47. The number of hydrogen-bond acceptors (Lipinski definition) is 3. The second-order valence-corrected chi connectivity index (χ2v) is 6.54. The van der Waals surface area contributed by atoms with Crippen molar-refractivity contribution in [1.82, 2.24) is 14.4 Å². The average molecular weight is 345 g/mol. The first kappa shape index (κ1) is 19.3. The van der Waals surface area contributed by atoms with Crippen molar-refractivity contribution in [2.75, 3.05) is 40.8 Å². The largest absolute Gasteiger partial charge is 0.494 e. The summed E-state index contributed by atoms with van der Waals surface area (Å²) < 4.78 is 7.81. The van der Waals surface area contributed by atoms with Gasteiger partial charge in [-0.3, -0.25) is 4.79 Å². The molecule has 0 atom stereocenters. The van der Waals surface area contributed by atoms with Crippen molar-refractivity contribution in [2.24, 2.45) is 0 Å². The maximum Gasteiger partial charge on any atom is 0.274 e. The van der Waals surface area contributed by atoms with E-state index < -0.39 is 0 Å². The Kier molecular flexibility index (Phi) is 6.88. The molecule has 0 fully saturated rings. The molecular formula is C20H31N3O2. The van der Waals surface area contributed by atoms with Crippen molar-refractivity contribution in [3.63, 3.8) is 0 Å². The van der Waals surface area contributed by atoms with Gasteiger partial charge in [0.1, 0.15) is 0 Å². The summed E-state index contributed by atoms with van der Waals surface area (Å²) in [5.74, 6) is 0.741. The van der Waals surface area contributed by atoms with E-state index in [1.54, 1.807) is 7.11 Å². The molecule has 5 heteroatoms. The average Bonchev–Trinajstić information content (AvgIpc) is 2.93. The number of aromatic nitrogens is 1. The lowest BCUT2D eigenvalue weighted by molar-refractivity contribution is 0.0758. The lowest BCUT2D eigenvalue weighted by Gasteiger charge is -2.21. The summed E-state index contributed by atoms with van der Waals surface area (Å²) in [6.45, 7) is 7.28. The minimum atomic E-state index is 0.0469. The molecule has 0 bridgehead atoms. The Bertz CT molecular complexity index is 702. The summed E-state index contributed by atoms with van der Waals surface area (Å²) in [5.41, 5.74) is 1.75. The van der Waals surface area contributed by atoms with Crippen LogP contribution in [-0.2, 0) is 6.54 Å². The summed E-state index contributed by atoms with van der Waals surface area (Å²) >= 11 is 0. The summed E-state index contributed by atoms with van der Waals surface area (Å²) in [6.07, 6.45) is 2.12. The van der Waals surface area contributed by atoms with Crippen LogP contribution in [0.4, 0.5) is 0 Å². The Morgan fingerprint density at radius 2 is 1.80 bits per heavy atom. The van der Waals surface area contributed by atoms with E-state index >= 15 is 0 Å². The van der Waals surface area contributed by atoms with Crippen molar-refractivity contribution >= 4 is 16.8 Å². The number of benzene rings is 1. The van der Waals surface area contributed by atoms with Crippen molar-refractivity contribution in [2.45, 2.75) is 33.2 Å². The second kappa shape index (κ2) is 8.90. The monoisotopic (exact) mass is 345 g/mol. The number of unbranched alkanes of at least 4 members (excludes halogenated alkanes) is 1. The molecule has 1 aromatic heterocycles. The van der Waals surface area contributed by atoms with Crippen LogP contribution in [0.15, 0.2) is 24.3 Å². The molecule has 1 heterocycles. The fourth-order valence-corrected chi connectivity index (χ4v) is 3.28. The molecule has 0 unspecified atom stereocenters. The SMILES string of the molecule is CCN(CC)C(=O)c1c(OC)c2ccccc2n1CCCCN(C)C. The highest BCUT2D eigenvalue weighted by Crippen LogP contribution is 2.34. The molecule has 1 amide bonds. The first-order chi connectivity index (χ1) is 12.0. The number of carbonyl (C=O) groups is 1.